The molecule has 130 valence electrons. The van der Waals surface area contributed by atoms with E-state index in [0.717, 1.165) is 16.5 Å². The summed E-state index contributed by atoms with van der Waals surface area (Å²) < 4.78 is 17.5. The number of H-pyrrole nitrogens is 1. The lowest BCUT2D eigenvalue weighted by molar-refractivity contribution is -0.145. The predicted molar refractivity (Wildman–Crippen MR) is 94.6 cm³/mol. The van der Waals surface area contributed by atoms with E-state index in [2.05, 4.69) is 4.98 Å². The Morgan fingerprint density at radius 3 is 2.60 bits per heavy atom. The van der Waals surface area contributed by atoms with Crippen LogP contribution < -0.4 is 0 Å². The Morgan fingerprint density at radius 2 is 1.88 bits per heavy atom. The lowest BCUT2D eigenvalue weighted by atomic mass is 10.1. The third kappa shape index (κ3) is 4.17. The Labute approximate surface area is 144 Å². The van der Waals surface area contributed by atoms with Gasteiger partial charge < -0.3 is 15.0 Å². The second-order valence-electron chi connectivity index (χ2n) is 5.70. The molecule has 3 aromatic rings. The van der Waals surface area contributed by atoms with Gasteiger partial charge in [0.25, 0.3) is 0 Å². The van der Waals surface area contributed by atoms with E-state index in [9.17, 15) is 19.4 Å². The van der Waals surface area contributed by atoms with Crippen molar-refractivity contribution in [1.82, 2.24) is 4.98 Å². The van der Waals surface area contributed by atoms with Gasteiger partial charge in [-0.15, -0.1) is 0 Å². The lowest BCUT2D eigenvalue weighted by Gasteiger charge is -2.18. The maximum absolute atomic E-state index is 12.4. The van der Waals surface area contributed by atoms with Gasteiger partial charge in [0.2, 0.25) is 0 Å². The van der Waals surface area contributed by atoms with E-state index in [-0.39, 0.29) is 6.16 Å². The van der Waals surface area contributed by atoms with Crippen molar-refractivity contribution in [3.05, 3.63) is 71.9 Å². The van der Waals surface area contributed by atoms with E-state index in [1.54, 1.807) is 36.5 Å². The Hall–Kier alpha value is -2.40. The van der Waals surface area contributed by atoms with Crippen LogP contribution in [0.5, 0.6) is 0 Å². The summed E-state index contributed by atoms with van der Waals surface area (Å²) in [4.78, 5) is 24.7. The normalized spacial score (nSPS) is 14.9. The molecule has 6 nitrogen and oxygen atoms in total. The molecule has 1 aromatic heterocycles. The molecule has 0 bridgehead atoms. The molecule has 0 radical (unpaired) electrons. The number of nitrogens with one attached hydrogen (secondary N) is 1. The monoisotopic (exact) mass is 359 g/mol. The number of aliphatic carboxylic acids is 1. The van der Waals surface area contributed by atoms with Crippen LogP contribution in [0.1, 0.15) is 17.2 Å². The van der Waals surface area contributed by atoms with Gasteiger partial charge in [-0.3, -0.25) is 9.09 Å². The fourth-order valence-electron chi connectivity index (χ4n) is 2.72. The summed E-state index contributed by atoms with van der Waals surface area (Å²) in [7, 11) is -4.08. The van der Waals surface area contributed by atoms with E-state index in [1.165, 1.54) is 0 Å². The SMILES string of the molecule is O=C(O)C(OP(=O)(O)CCc1cccc2[nH]ccc12)c1ccccc1. The summed E-state index contributed by atoms with van der Waals surface area (Å²) in [6, 6.07) is 15.7. The molecular weight excluding hydrogens is 341 g/mol. The molecule has 7 heteroatoms. The van der Waals surface area contributed by atoms with Gasteiger partial charge >= 0.3 is 13.6 Å². The minimum absolute atomic E-state index is 0.159. The second-order valence-corrected chi connectivity index (χ2v) is 7.63. The zero-order chi connectivity index (χ0) is 17.9. The highest BCUT2D eigenvalue weighted by Gasteiger charge is 2.30. The molecule has 0 fully saturated rings. The summed E-state index contributed by atoms with van der Waals surface area (Å²) in [5.74, 6) is -1.30. The van der Waals surface area contributed by atoms with E-state index in [1.807, 2.05) is 24.3 Å². The maximum atomic E-state index is 12.4. The van der Waals surface area contributed by atoms with Gasteiger partial charge in [-0.05, 0) is 29.7 Å². The number of carbonyl (C=O) groups is 1. The van der Waals surface area contributed by atoms with E-state index in [0.29, 0.717) is 12.0 Å². The van der Waals surface area contributed by atoms with Crippen molar-refractivity contribution < 1.29 is 23.9 Å². The zero-order valence-corrected chi connectivity index (χ0v) is 14.2. The third-order valence-corrected chi connectivity index (χ3v) is 5.27. The number of hydrogen-bond acceptors (Lipinski definition) is 3. The maximum Gasteiger partial charge on any atom is 0.338 e. The number of rotatable bonds is 7. The van der Waals surface area contributed by atoms with Crippen LogP contribution in [0, 0.1) is 0 Å². The van der Waals surface area contributed by atoms with Gasteiger partial charge in [0.1, 0.15) is 0 Å². The molecular formula is C18H18NO5P. The molecule has 0 aliphatic rings. The number of aromatic nitrogens is 1. The molecule has 0 saturated heterocycles. The Balaban J connectivity index is 1.74. The van der Waals surface area contributed by atoms with Gasteiger partial charge in [-0.25, -0.2) is 4.79 Å². The molecule has 3 N–H and O–H groups in total. The zero-order valence-electron chi connectivity index (χ0n) is 13.3. The van der Waals surface area contributed by atoms with Crippen molar-refractivity contribution >= 4 is 24.5 Å². The van der Waals surface area contributed by atoms with Crippen molar-refractivity contribution in [3.63, 3.8) is 0 Å². The summed E-state index contributed by atoms with van der Waals surface area (Å²) in [6.45, 7) is 0. The largest absolute Gasteiger partial charge is 0.479 e. The van der Waals surface area contributed by atoms with Gasteiger partial charge in [-0.1, -0.05) is 42.5 Å². The Morgan fingerprint density at radius 1 is 1.12 bits per heavy atom. The van der Waals surface area contributed by atoms with E-state index in [4.69, 9.17) is 4.52 Å². The van der Waals surface area contributed by atoms with Crippen molar-refractivity contribution in [1.29, 1.82) is 0 Å². The van der Waals surface area contributed by atoms with Crippen LogP contribution in [-0.2, 0) is 20.3 Å². The first-order valence-corrected chi connectivity index (χ1v) is 9.55. The average Bonchev–Trinajstić information content (AvgIpc) is 3.08. The van der Waals surface area contributed by atoms with Crippen LogP contribution in [0.2, 0.25) is 0 Å². The van der Waals surface area contributed by atoms with Crippen LogP contribution in [0.3, 0.4) is 0 Å². The highest BCUT2D eigenvalue weighted by molar-refractivity contribution is 7.52. The molecule has 0 amide bonds. The van der Waals surface area contributed by atoms with Crippen LogP contribution in [-0.4, -0.2) is 27.1 Å². The third-order valence-electron chi connectivity index (χ3n) is 3.95. The number of benzene rings is 2. The molecule has 1 heterocycles. The fraction of sp³-hybridized carbons (Fsp3) is 0.167. The van der Waals surface area contributed by atoms with Gasteiger partial charge in [0.05, 0.1) is 6.16 Å². The molecule has 0 aliphatic heterocycles. The highest BCUT2D eigenvalue weighted by atomic mass is 31.2. The molecule has 0 aliphatic carbocycles. The average molecular weight is 359 g/mol. The molecule has 2 aromatic carbocycles. The number of fused-ring (bicyclic) bond motifs is 1. The van der Waals surface area contributed by atoms with Gasteiger partial charge in [0.15, 0.2) is 6.10 Å². The molecule has 25 heavy (non-hydrogen) atoms. The molecule has 3 rings (SSSR count). The summed E-state index contributed by atoms with van der Waals surface area (Å²) in [5.41, 5.74) is 2.18. The van der Waals surface area contributed by atoms with E-state index >= 15 is 0 Å². The number of aromatic amines is 1. The van der Waals surface area contributed by atoms with Crippen molar-refractivity contribution in [2.75, 3.05) is 6.16 Å². The van der Waals surface area contributed by atoms with Crippen molar-refractivity contribution in [2.45, 2.75) is 12.5 Å². The number of aryl methyl sites for hydroxylation is 1. The van der Waals surface area contributed by atoms with Crippen molar-refractivity contribution in [3.8, 4) is 0 Å². The quantitative estimate of drug-likeness (QED) is 0.558. The topological polar surface area (TPSA) is 99.6 Å². The van der Waals surface area contributed by atoms with Gasteiger partial charge in [-0.2, -0.15) is 0 Å². The summed E-state index contributed by atoms with van der Waals surface area (Å²) >= 11 is 0. The van der Waals surface area contributed by atoms with Crippen LogP contribution in [0.25, 0.3) is 10.9 Å². The standard InChI is InChI=1S/C18H18NO5P/c20-18(21)17(14-5-2-1-3-6-14)24-25(22,23)12-10-13-7-4-8-16-15(13)9-11-19-16/h1-9,11,17,19H,10,12H2,(H,20,21)(H,22,23). The Kier molecular flexibility index (Phi) is 5.04. The minimum atomic E-state index is -4.08. The molecule has 2 atom stereocenters. The highest BCUT2D eigenvalue weighted by Crippen LogP contribution is 2.47. The van der Waals surface area contributed by atoms with Crippen LogP contribution in [0.4, 0.5) is 0 Å². The van der Waals surface area contributed by atoms with Crippen LogP contribution >= 0.6 is 7.60 Å². The minimum Gasteiger partial charge on any atom is -0.479 e. The first-order chi connectivity index (χ1) is 12.0. The second kappa shape index (κ2) is 7.23. The van der Waals surface area contributed by atoms with E-state index < -0.39 is 19.7 Å². The smallest absolute Gasteiger partial charge is 0.338 e. The number of hydrogen-bond donors (Lipinski definition) is 3. The van der Waals surface area contributed by atoms with Crippen molar-refractivity contribution in [2.24, 2.45) is 0 Å². The Bertz CT molecular complexity index is 921. The van der Waals surface area contributed by atoms with Gasteiger partial charge in [0, 0.05) is 17.1 Å². The number of carboxylic acid groups (broad SMARTS) is 1. The van der Waals surface area contributed by atoms with Crippen LogP contribution in [0.15, 0.2) is 60.8 Å². The predicted octanol–water partition coefficient (Wildman–Crippen LogP) is 3.74. The summed E-state index contributed by atoms with van der Waals surface area (Å²) in [6.07, 6.45) is 0.483. The first kappa shape index (κ1) is 17.4. The molecule has 0 spiro atoms. The summed E-state index contributed by atoms with van der Waals surface area (Å²) in [5, 5.41) is 10.3. The number of carboxylic acids is 1. The molecule has 0 saturated carbocycles. The molecule has 2 unspecified atom stereocenters. The first-order valence-electron chi connectivity index (χ1n) is 7.79. The lowest BCUT2D eigenvalue weighted by Crippen LogP contribution is -2.15. The fourth-order valence-corrected chi connectivity index (χ4v) is 3.89.